The van der Waals surface area contributed by atoms with Gasteiger partial charge in [-0.05, 0) is 43.2 Å². The Labute approximate surface area is 151 Å². The van der Waals surface area contributed by atoms with Crippen LogP contribution >= 0.6 is 23.2 Å². The number of sulfonamides is 1. The van der Waals surface area contributed by atoms with Crippen molar-refractivity contribution < 1.29 is 13.2 Å². The maximum atomic E-state index is 12.6. The molecule has 3 rings (SSSR count). The molecule has 1 aromatic carbocycles. The van der Waals surface area contributed by atoms with Crippen molar-refractivity contribution in [3.63, 3.8) is 0 Å². The molecule has 128 valence electrons. The van der Waals surface area contributed by atoms with Gasteiger partial charge in [0, 0.05) is 24.3 Å². The number of pyridine rings is 1. The van der Waals surface area contributed by atoms with Crippen LogP contribution in [0, 0.1) is 0 Å². The Morgan fingerprint density at radius 2 is 1.88 bits per heavy atom. The Morgan fingerprint density at radius 1 is 1.12 bits per heavy atom. The summed E-state index contributed by atoms with van der Waals surface area (Å²) in [6.45, 7) is 0.798. The van der Waals surface area contributed by atoms with Crippen molar-refractivity contribution in [2.75, 3.05) is 13.1 Å². The van der Waals surface area contributed by atoms with Gasteiger partial charge in [-0.25, -0.2) is 13.4 Å². The summed E-state index contributed by atoms with van der Waals surface area (Å²) >= 11 is 11.7. The first-order valence-corrected chi connectivity index (χ1v) is 9.69. The van der Waals surface area contributed by atoms with Gasteiger partial charge in [0.05, 0.1) is 0 Å². The molecule has 0 bridgehead atoms. The highest BCUT2D eigenvalue weighted by atomic mass is 35.5. The lowest BCUT2D eigenvalue weighted by Crippen LogP contribution is -2.41. The van der Waals surface area contributed by atoms with Crippen LogP contribution in [0.3, 0.4) is 0 Å². The van der Waals surface area contributed by atoms with Gasteiger partial charge in [-0.15, -0.1) is 0 Å². The van der Waals surface area contributed by atoms with E-state index in [1.165, 1.54) is 22.6 Å². The van der Waals surface area contributed by atoms with Gasteiger partial charge in [0.25, 0.3) is 0 Å². The summed E-state index contributed by atoms with van der Waals surface area (Å²) in [4.78, 5) is 4.00. The Kier molecular flexibility index (Phi) is 5.30. The van der Waals surface area contributed by atoms with Crippen LogP contribution in [0.4, 0.5) is 0 Å². The number of benzene rings is 1. The van der Waals surface area contributed by atoms with Crippen LogP contribution in [-0.4, -0.2) is 36.9 Å². The predicted molar refractivity (Wildman–Crippen MR) is 93.1 cm³/mol. The zero-order valence-corrected chi connectivity index (χ0v) is 15.1. The van der Waals surface area contributed by atoms with Gasteiger partial charge in [0.15, 0.2) is 0 Å². The predicted octanol–water partition coefficient (Wildman–Crippen LogP) is 3.62. The molecule has 5 nitrogen and oxygen atoms in total. The Morgan fingerprint density at radius 3 is 2.50 bits per heavy atom. The van der Waals surface area contributed by atoms with Crippen LogP contribution in [0.2, 0.25) is 10.2 Å². The minimum absolute atomic E-state index is 0.0294. The van der Waals surface area contributed by atoms with Crippen molar-refractivity contribution in [3.8, 4) is 5.75 Å². The Bertz CT molecular complexity index is 804. The van der Waals surface area contributed by atoms with Crippen LogP contribution in [0.5, 0.6) is 5.75 Å². The molecule has 2 heterocycles. The second kappa shape index (κ2) is 7.27. The van der Waals surface area contributed by atoms with Crippen LogP contribution in [0.25, 0.3) is 0 Å². The fraction of sp³-hybridized carbons (Fsp3) is 0.312. The van der Waals surface area contributed by atoms with E-state index in [1.807, 2.05) is 12.1 Å². The highest BCUT2D eigenvalue weighted by Gasteiger charge is 2.30. The van der Waals surface area contributed by atoms with Crippen molar-refractivity contribution in [3.05, 3.63) is 52.8 Å². The van der Waals surface area contributed by atoms with Crippen molar-refractivity contribution in [1.82, 2.24) is 9.29 Å². The molecule has 0 radical (unpaired) electrons. The van der Waals surface area contributed by atoms with Gasteiger partial charge >= 0.3 is 0 Å². The molecule has 1 saturated heterocycles. The van der Waals surface area contributed by atoms with Gasteiger partial charge in [-0.2, -0.15) is 4.31 Å². The van der Waals surface area contributed by atoms with E-state index in [2.05, 4.69) is 4.98 Å². The molecule has 1 aliphatic rings. The van der Waals surface area contributed by atoms with E-state index in [0.717, 1.165) is 0 Å². The van der Waals surface area contributed by atoms with Crippen molar-refractivity contribution in [2.24, 2.45) is 0 Å². The number of ether oxygens (including phenoxy) is 1. The molecule has 1 aliphatic heterocycles. The van der Waals surface area contributed by atoms with E-state index in [4.69, 9.17) is 27.9 Å². The van der Waals surface area contributed by atoms with Crippen LogP contribution in [0.1, 0.15) is 12.8 Å². The summed E-state index contributed by atoms with van der Waals surface area (Å²) < 4.78 is 32.5. The summed E-state index contributed by atoms with van der Waals surface area (Å²) in [6, 6.07) is 10.1. The average molecular weight is 387 g/mol. The van der Waals surface area contributed by atoms with E-state index < -0.39 is 10.0 Å². The molecule has 8 heteroatoms. The summed E-state index contributed by atoms with van der Waals surface area (Å²) in [5, 5.41) is 0.880. The van der Waals surface area contributed by atoms with Crippen molar-refractivity contribution >= 4 is 33.2 Å². The fourth-order valence-corrected chi connectivity index (χ4v) is 4.29. The SMILES string of the molecule is O=S(=O)(c1ccc(Cl)nc1)N1CCC(Oc2cccc(Cl)c2)CC1. The lowest BCUT2D eigenvalue weighted by molar-refractivity contribution is 0.135. The number of aromatic nitrogens is 1. The number of hydrogen-bond donors (Lipinski definition) is 0. The first-order chi connectivity index (χ1) is 11.4. The second-order valence-corrected chi connectivity index (χ2v) is 8.26. The normalized spacial score (nSPS) is 16.9. The first kappa shape index (κ1) is 17.5. The van der Waals surface area contributed by atoms with Crippen LogP contribution < -0.4 is 4.74 Å². The first-order valence-electron chi connectivity index (χ1n) is 7.49. The smallest absolute Gasteiger partial charge is 0.244 e. The molecule has 0 amide bonds. The molecule has 0 aliphatic carbocycles. The molecule has 0 unspecified atom stereocenters. The summed E-state index contributed by atoms with van der Waals surface area (Å²) in [5.41, 5.74) is 0. The second-order valence-electron chi connectivity index (χ2n) is 5.50. The average Bonchev–Trinajstić information content (AvgIpc) is 2.56. The Balaban J connectivity index is 1.63. The maximum absolute atomic E-state index is 12.6. The van der Waals surface area contributed by atoms with Gasteiger partial charge in [-0.1, -0.05) is 29.3 Å². The summed E-state index contributed by atoms with van der Waals surface area (Å²) in [6.07, 6.45) is 2.49. The van der Waals surface area contributed by atoms with Gasteiger partial charge in [-0.3, -0.25) is 0 Å². The van der Waals surface area contributed by atoms with Gasteiger partial charge in [0.1, 0.15) is 21.9 Å². The third kappa shape index (κ3) is 4.00. The van der Waals surface area contributed by atoms with E-state index in [-0.39, 0.29) is 16.2 Å². The van der Waals surface area contributed by atoms with Crippen LogP contribution in [0.15, 0.2) is 47.5 Å². The number of halogens is 2. The number of rotatable bonds is 4. The number of hydrogen-bond acceptors (Lipinski definition) is 4. The van der Waals surface area contributed by atoms with E-state index in [9.17, 15) is 8.42 Å². The van der Waals surface area contributed by atoms with Gasteiger partial charge in [0.2, 0.25) is 10.0 Å². The minimum Gasteiger partial charge on any atom is -0.490 e. The highest BCUT2D eigenvalue weighted by molar-refractivity contribution is 7.89. The van der Waals surface area contributed by atoms with Crippen molar-refractivity contribution in [2.45, 2.75) is 23.8 Å². The lowest BCUT2D eigenvalue weighted by atomic mass is 10.1. The lowest BCUT2D eigenvalue weighted by Gasteiger charge is -2.31. The number of nitrogens with zero attached hydrogens (tertiary/aromatic N) is 2. The molecule has 0 spiro atoms. The monoisotopic (exact) mass is 386 g/mol. The topological polar surface area (TPSA) is 59.5 Å². The molecular formula is C16H16Cl2N2O3S. The van der Waals surface area contributed by atoms with E-state index in [1.54, 1.807) is 12.1 Å². The standard InChI is InChI=1S/C16H16Cl2N2O3S/c17-12-2-1-3-14(10-12)23-13-6-8-20(9-7-13)24(21,22)15-4-5-16(18)19-11-15/h1-5,10-11,13H,6-9H2. The molecule has 0 N–H and O–H groups in total. The minimum atomic E-state index is -3.55. The molecule has 1 fully saturated rings. The summed E-state index contributed by atoms with van der Waals surface area (Å²) in [7, 11) is -3.55. The van der Waals surface area contributed by atoms with Crippen molar-refractivity contribution in [1.29, 1.82) is 0 Å². The quantitative estimate of drug-likeness (QED) is 0.752. The molecule has 1 aromatic heterocycles. The maximum Gasteiger partial charge on any atom is 0.244 e. The summed E-state index contributed by atoms with van der Waals surface area (Å²) in [5.74, 6) is 0.700. The Hall–Kier alpha value is -1.34. The zero-order chi connectivity index (χ0) is 17.2. The van der Waals surface area contributed by atoms with Crippen LogP contribution in [-0.2, 0) is 10.0 Å². The van der Waals surface area contributed by atoms with E-state index in [0.29, 0.717) is 36.7 Å². The largest absolute Gasteiger partial charge is 0.490 e. The highest BCUT2D eigenvalue weighted by Crippen LogP contribution is 2.25. The third-order valence-corrected chi connectivity index (χ3v) is 6.18. The zero-order valence-electron chi connectivity index (χ0n) is 12.7. The number of piperidine rings is 1. The third-order valence-electron chi connectivity index (χ3n) is 3.84. The van der Waals surface area contributed by atoms with E-state index >= 15 is 0 Å². The molecule has 0 atom stereocenters. The molecular weight excluding hydrogens is 371 g/mol. The fourth-order valence-electron chi connectivity index (χ4n) is 2.59. The molecule has 24 heavy (non-hydrogen) atoms. The molecule has 0 saturated carbocycles. The van der Waals surface area contributed by atoms with Gasteiger partial charge < -0.3 is 4.74 Å². The molecule has 2 aromatic rings.